The van der Waals surface area contributed by atoms with Crippen molar-refractivity contribution in [3.05, 3.63) is 12.1 Å². The van der Waals surface area contributed by atoms with Crippen molar-refractivity contribution in [3.63, 3.8) is 0 Å². The number of amides is 1. The standard InChI is InChI=1S/C7H8N4O/c8-5-2-1-4-7(11-5)9-3-6(12)10-4/h1-2H,3H2,(H,10,12)(H3,8,9,11). The number of carbonyl (C=O) groups is 1. The Hall–Kier alpha value is -1.78. The van der Waals surface area contributed by atoms with Gasteiger partial charge in [-0.1, -0.05) is 0 Å². The number of hydrogen-bond acceptors (Lipinski definition) is 4. The third-order valence-electron chi connectivity index (χ3n) is 1.61. The molecule has 62 valence electrons. The van der Waals surface area contributed by atoms with Crippen molar-refractivity contribution < 1.29 is 4.79 Å². The first-order valence-corrected chi connectivity index (χ1v) is 3.56. The number of nitrogens with one attached hydrogen (secondary N) is 2. The zero-order valence-corrected chi connectivity index (χ0v) is 6.29. The summed E-state index contributed by atoms with van der Waals surface area (Å²) in [6, 6.07) is 3.37. The molecule has 0 fully saturated rings. The second-order valence-corrected chi connectivity index (χ2v) is 2.53. The third-order valence-corrected chi connectivity index (χ3v) is 1.61. The maximum Gasteiger partial charge on any atom is 0.243 e. The van der Waals surface area contributed by atoms with Crippen molar-refractivity contribution in [2.24, 2.45) is 0 Å². The average molecular weight is 164 g/mol. The highest BCUT2D eigenvalue weighted by Crippen LogP contribution is 2.22. The van der Waals surface area contributed by atoms with Crippen LogP contribution < -0.4 is 16.4 Å². The lowest BCUT2D eigenvalue weighted by Crippen LogP contribution is -2.28. The average Bonchev–Trinajstić information content (AvgIpc) is 2.05. The largest absolute Gasteiger partial charge is 0.384 e. The van der Waals surface area contributed by atoms with E-state index < -0.39 is 0 Å². The monoisotopic (exact) mass is 164 g/mol. The van der Waals surface area contributed by atoms with Gasteiger partial charge >= 0.3 is 0 Å². The Bertz CT molecular complexity index is 336. The summed E-state index contributed by atoms with van der Waals surface area (Å²) < 4.78 is 0. The van der Waals surface area contributed by atoms with Gasteiger partial charge in [0.2, 0.25) is 5.91 Å². The smallest absolute Gasteiger partial charge is 0.243 e. The number of hydrogen-bond donors (Lipinski definition) is 3. The van der Waals surface area contributed by atoms with Gasteiger partial charge in [0.1, 0.15) is 5.82 Å². The van der Waals surface area contributed by atoms with Crippen LogP contribution in [0, 0.1) is 0 Å². The minimum absolute atomic E-state index is 0.0610. The highest BCUT2D eigenvalue weighted by molar-refractivity contribution is 5.99. The van der Waals surface area contributed by atoms with E-state index in [4.69, 9.17) is 5.73 Å². The lowest BCUT2D eigenvalue weighted by Gasteiger charge is -2.17. The second-order valence-electron chi connectivity index (χ2n) is 2.53. The molecule has 0 saturated heterocycles. The Balaban J connectivity index is 2.43. The molecule has 2 rings (SSSR count). The van der Waals surface area contributed by atoms with Crippen molar-refractivity contribution >= 4 is 23.2 Å². The molecule has 2 heterocycles. The summed E-state index contributed by atoms with van der Waals surface area (Å²) >= 11 is 0. The van der Waals surface area contributed by atoms with Crippen LogP contribution in [0.3, 0.4) is 0 Å². The molecule has 0 unspecified atom stereocenters. The van der Waals surface area contributed by atoms with E-state index in [1.54, 1.807) is 12.1 Å². The maximum absolute atomic E-state index is 10.9. The molecule has 0 radical (unpaired) electrons. The van der Waals surface area contributed by atoms with Gasteiger partial charge in [0, 0.05) is 0 Å². The number of nitrogen functional groups attached to an aromatic ring is 1. The molecule has 0 aliphatic carbocycles. The first kappa shape index (κ1) is 6.90. The molecule has 12 heavy (non-hydrogen) atoms. The van der Waals surface area contributed by atoms with Crippen LogP contribution in [0.4, 0.5) is 17.3 Å². The molecule has 0 atom stereocenters. The van der Waals surface area contributed by atoms with E-state index in [-0.39, 0.29) is 12.5 Å². The number of nitrogens with two attached hydrogens (primary N) is 1. The fourth-order valence-electron chi connectivity index (χ4n) is 1.07. The summed E-state index contributed by atoms with van der Waals surface area (Å²) in [5, 5.41) is 5.52. The van der Waals surface area contributed by atoms with Crippen molar-refractivity contribution in [2.75, 3.05) is 22.9 Å². The van der Waals surface area contributed by atoms with Gasteiger partial charge in [-0.2, -0.15) is 0 Å². The van der Waals surface area contributed by atoms with Crippen LogP contribution in [-0.2, 0) is 4.79 Å². The van der Waals surface area contributed by atoms with Gasteiger partial charge in [0.05, 0.1) is 12.2 Å². The van der Waals surface area contributed by atoms with Crippen LogP contribution in [0.5, 0.6) is 0 Å². The molecule has 0 spiro atoms. The van der Waals surface area contributed by atoms with Crippen molar-refractivity contribution in [2.45, 2.75) is 0 Å². The third kappa shape index (κ3) is 1.05. The molecule has 5 heteroatoms. The van der Waals surface area contributed by atoms with Crippen LogP contribution >= 0.6 is 0 Å². The molecule has 1 aromatic heterocycles. The van der Waals surface area contributed by atoms with Crippen LogP contribution in [0.1, 0.15) is 0 Å². The predicted octanol–water partition coefficient (Wildman–Crippen LogP) is 0.0278. The number of nitrogens with zero attached hydrogens (tertiary/aromatic N) is 1. The van der Waals surface area contributed by atoms with Gasteiger partial charge in [0.25, 0.3) is 0 Å². The number of carbonyl (C=O) groups excluding carboxylic acids is 1. The number of rotatable bonds is 0. The molecule has 1 amide bonds. The molecule has 1 aliphatic rings. The van der Waals surface area contributed by atoms with E-state index >= 15 is 0 Å². The number of anilines is 3. The molecule has 1 aromatic rings. The lowest BCUT2D eigenvalue weighted by molar-refractivity contribution is -0.114. The second kappa shape index (κ2) is 2.37. The van der Waals surface area contributed by atoms with E-state index in [1.165, 1.54) is 0 Å². The first-order valence-electron chi connectivity index (χ1n) is 3.56. The van der Waals surface area contributed by atoms with E-state index in [1.807, 2.05) is 0 Å². The minimum atomic E-state index is -0.0610. The fraction of sp³-hybridized carbons (Fsp3) is 0.143. The SMILES string of the molecule is Nc1ccc2c(n1)NCC(=O)N2. The predicted molar refractivity (Wildman–Crippen MR) is 45.8 cm³/mol. The fourth-order valence-corrected chi connectivity index (χ4v) is 1.07. The number of fused-ring (bicyclic) bond motifs is 1. The molecule has 0 saturated carbocycles. The maximum atomic E-state index is 10.9. The van der Waals surface area contributed by atoms with Gasteiger partial charge in [-0.05, 0) is 12.1 Å². The van der Waals surface area contributed by atoms with Crippen LogP contribution in [0.15, 0.2) is 12.1 Å². The Kier molecular flexibility index (Phi) is 1.36. The van der Waals surface area contributed by atoms with Crippen molar-refractivity contribution in [3.8, 4) is 0 Å². The molecule has 4 N–H and O–H groups in total. The first-order chi connectivity index (χ1) is 5.75. The normalized spacial score (nSPS) is 14.5. The summed E-state index contributed by atoms with van der Waals surface area (Å²) in [4.78, 5) is 14.9. The van der Waals surface area contributed by atoms with Gasteiger partial charge in [-0.3, -0.25) is 4.79 Å². The van der Waals surface area contributed by atoms with E-state index in [9.17, 15) is 4.79 Å². The number of pyridine rings is 1. The molecular weight excluding hydrogens is 156 g/mol. The molecule has 0 bridgehead atoms. The summed E-state index contributed by atoms with van der Waals surface area (Å²) in [5.74, 6) is 1.01. The van der Waals surface area contributed by atoms with E-state index in [0.29, 0.717) is 17.3 Å². The minimum Gasteiger partial charge on any atom is -0.384 e. The van der Waals surface area contributed by atoms with E-state index in [2.05, 4.69) is 15.6 Å². The van der Waals surface area contributed by atoms with Gasteiger partial charge < -0.3 is 16.4 Å². The van der Waals surface area contributed by atoms with Gasteiger partial charge in [-0.15, -0.1) is 0 Å². The Morgan fingerprint density at radius 1 is 1.50 bits per heavy atom. The van der Waals surface area contributed by atoms with Crippen LogP contribution in [0.25, 0.3) is 0 Å². The molecule has 1 aliphatic heterocycles. The highest BCUT2D eigenvalue weighted by Gasteiger charge is 2.14. The summed E-state index contributed by atoms with van der Waals surface area (Å²) in [5.41, 5.74) is 6.13. The topological polar surface area (TPSA) is 80.0 Å². The van der Waals surface area contributed by atoms with Crippen LogP contribution in [0.2, 0.25) is 0 Å². The molecule has 5 nitrogen and oxygen atoms in total. The summed E-state index contributed by atoms with van der Waals surface area (Å²) in [6.45, 7) is 0.253. The van der Waals surface area contributed by atoms with Crippen molar-refractivity contribution in [1.82, 2.24) is 4.98 Å². The lowest BCUT2D eigenvalue weighted by atomic mass is 10.3. The van der Waals surface area contributed by atoms with Crippen molar-refractivity contribution in [1.29, 1.82) is 0 Å². The summed E-state index contributed by atoms with van der Waals surface area (Å²) in [6.07, 6.45) is 0. The molecular formula is C7H8N4O. The zero-order valence-electron chi connectivity index (χ0n) is 6.29. The van der Waals surface area contributed by atoms with Crippen LogP contribution in [-0.4, -0.2) is 17.4 Å². The summed E-state index contributed by atoms with van der Waals surface area (Å²) in [7, 11) is 0. The number of aromatic nitrogens is 1. The Morgan fingerprint density at radius 3 is 3.17 bits per heavy atom. The van der Waals surface area contributed by atoms with E-state index in [0.717, 1.165) is 0 Å². The van der Waals surface area contributed by atoms with Gasteiger partial charge in [-0.25, -0.2) is 4.98 Å². The molecule has 0 aromatic carbocycles. The quantitative estimate of drug-likeness (QED) is 0.505. The Labute approximate surface area is 69.0 Å². The highest BCUT2D eigenvalue weighted by atomic mass is 16.2. The zero-order chi connectivity index (χ0) is 8.55. The van der Waals surface area contributed by atoms with Gasteiger partial charge in [0.15, 0.2) is 5.82 Å². The Morgan fingerprint density at radius 2 is 2.33 bits per heavy atom.